The third kappa shape index (κ3) is 4.80. The van der Waals surface area contributed by atoms with Crippen LogP contribution in [-0.4, -0.2) is 17.0 Å². The van der Waals surface area contributed by atoms with Crippen LogP contribution in [0.3, 0.4) is 0 Å². The molecular formula is C21H25NO2. The monoisotopic (exact) mass is 323 g/mol. The van der Waals surface area contributed by atoms with Gasteiger partial charge < -0.3 is 10.4 Å². The number of hydrogen-bond donors (Lipinski definition) is 2. The van der Waals surface area contributed by atoms with Gasteiger partial charge in [0.05, 0.1) is 6.10 Å². The van der Waals surface area contributed by atoms with Crippen molar-refractivity contribution in [3.8, 4) is 0 Å². The molecule has 0 heterocycles. The molecule has 0 fully saturated rings. The minimum Gasteiger partial charge on any atom is -0.393 e. The highest BCUT2D eigenvalue weighted by molar-refractivity contribution is 6.04. The Morgan fingerprint density at radius 2 is 1.50 bits per heavy atom. The number of ketones is 1. The van der Waals surface area contributed by atoms with E-state index in [1.807, 2.05) is 62.4 Å². The fourth-order valence-electron chi connectivity index (χ4n) is 2.47. The van der Waals surface area contributed by atoms with E-state index < -0.39 is 6.10 Å². The summed E-state index contributed by atoms with van der Waals surface area (Å²) >= 11 is 0. The first-order valence-corrected chi connectivity index (χ1v) is 8.29. The number of carbonyl (C=O) groups is 1. The Bertz CT molecular complexity index is 677. The zero-order valence-electron chi connectivity index (χ0n) is 14.4. The lowest BCUT2D eigenvalue weighted by Crippen LogP contribution is -2.28. The zero-order chi connectivity index (χ0) is 17.5. The molecule has 126 valence electrons. The van der Waals surface area contributed by atoms with E-state index >= 15 is 0 Å². The molecule has 0 bridgehead atoms. The summed E-state index contributed by atoms with van der Waals surface area (Å²) in [6.07, 6.45) is 1.06. The van der Waals surface area contributed by atoms with Crippen molar-refractivity contribution in [2.24, 2.45) is 5.92 Å². The third-order valence-corrected chi connectivity index (χ3v) is 4.24. The minimum absolute atomic E-state index is 0.0437. The van der Waals surface area contributed by atoms with Gasteiger partial charge in [-0.25, -0.2) is 0 Å². The smallest absolute Gasteiger partial charge is 0.187 e. The molecule has 3 heteroatoms. The second-order valence-corrected chi connectivity index (χ2v) is 6.14. The molecule has 0 radical (unpaired) electrons. The number of allylic oxidation sites excluding steroid dienone is 1. The predicted molar refractivity (Wildman–Crippen MR) is 97.7 cm³/mol. The molecule has 0 aliphatic rings. The van der Waals surface area contributed by atoms with Crippen LogP contribution in [0.15, 0.2) is 72.4 Å². The normalized spacial score (nSPS) is 15.4. The van der Waals surface area contributed by atoms with Gasteiger partial charge in [-0.2, -0.15) is 0 Å². The summed E-state index contributed by atoms with van der Waals surface area (Å²) in [5.74, 6) is -0.227. The van der Waals surface area contributed by atoms with Crippen LogP contribution in [0.2, 0.25) is 0 Å². The van der Waals surface area contributed by atoms with Crippen LogP contribution in [0, 0.1) is 5.92 Å². The van der Waals surface area contributed by atoms with Gasteiger partial charge in [0, 0.05) is 29.3 Å². The Kier molecular flexibility index (Phi) is 6.33. The van der Waals surface area contributed by atoms with E-state index in [4.69, 9.17) is 0 Å². The number of nitrogens with one attached hydrogen (secondary N) is 1. The molecule has 0 spiro atoms. The molecule has 0 aliphatic carbocycles. The standard InChI is InChI=1S/C21H25NO2/c1-15(17(3)23)20(14-21(24)19-12-8-5-9-13-19)22-16(2)18-10-6-4-7-11-18/h4-17,22-23H,1-3H3/b20-14+/t15-,16-,17-/m1/s1. The first-order valence-electron chi connectivity index (χ1n) is 8.29. The van der Waals surface area contributed by atoms with Gasteiger partial charge in [-0.1, -0.05) is 67.6 Å². The number of rotatable bonds is 7. The second kappa shape index (κ2) is 8.46. The molecule has 0 unspecified atom stereocenters. The minimum atomic E-state index is -0.546. The van der Waals surface area contributed by atoms with Crippen molar-refractivity contribution < 1.29 is 9.90 Å². The molecule has 3 atom stereocenters. The Morgan fingerprint density at radius 3 is 2.04 bits per heavy atom. The molecular weight excluding hydrogens is 298 g/mol. The summed E-state index contributed by atoms with van der Waals surface area (Å²) in [7, 11) is 0. The highest BCUT2D eigenvalue weighted by Crippen LogP contribution is 2.20. The van der Waals surface area contributed by atoms with Crippen molar-refractivity contribution in [2.45, 2.75) is 32.9 Å². The Balaban J connectivity index is 2.25. The summed E-state index contributed by atoms with van der Waals surface area (Å²) in [6, 6.07) is 19.3. The summed E-state index contributed by atoms with van der Waals surface area (Å²) in [5.41, 5.74) is 2.52. The van der Waals surface area contributed by atoms with Gasteiger partial charge in [0.15, 0.2) is 5.78 Å². The molecule has 2 aromatic rings. The molecule has 0 saturated heterocycles. The first kappa shape index (κ1) is 18.0. The Labute approximate surface area is 144 Å². The summed E-state index contributed by atoms with van der Waals surface area (Å²) in [4.78, 5) is 12.5. The number of aliphatic hydroxyl groups is 1. The van der Waals surface area contributed by atoms with Crippen LogP contribution in [0.25, 0.3) is 0 Å². The molecule has 2 N–H and O–H groups in total. The maximum Gasteiger partial charge on any atom is 0.187 e. The lowest BCUT2D eigenvalue weighted by Gasteiger charge is -2.24. The van der Waals surface area contributed by atoms with Gasteiger partial charge in [0.25, 0.3) is 0 Å². The first-order chi connectivity index (χ1) is 11.5. The maximum atomic E-state index is 12.5. The summed E-state index contributed by atoms with van der Waals surface area (Å²) in [6.45, 7) is 5.70. The predicted octanol–water partition coefficient (Wildman–Crippen LogP) is 4.12. The van der Waals surface area contributed by atoms with Gasteiger partial charge in [-0.3, -0.25) is 4.79 Å². The van der Waals surface area contributed by atoms with Crippen molar-refractivity contribution in [2.75, 3.05) is 0 Å². The van der Waals surface area contributed by atoms with E-state index in [9.17, 15) is 9.90 Å². The average Bonchev–Trinajstić information content (AvgIpc) is 2.61. The maximum absolute atomic E-state index is 12.5. The largest absolute Gasteiger partial charge is 0.393 e. The molecule has 2 rings (SSSR count). The van der Waals surface area contributed by atoms with E-state index in [1.165, 1.54) is 0 Å². The van der Waals surface area contributed by atoms with Gasteiger partial charge in [0.2, 0.25) is 0 Å². The van der Waals surface area contributed by atoms with Gasteiger partial charge in [-0.05, 0) is 19.4 Å². The molecule has 0 aliphatic heterocycles. The summed E-state index contributed by atoms with van der Waals surface area (Å²) in [5, 5.41) is 13.4. The Hall–Kier alpha value is -2.39. The molecule has 3 nitrogen and oxygen atoms in total. The second-order valence-electron chi connectivity index (χ2n) is 6.14. The molecule has 0 aromatic heterocycles. The van der Waals surface area contributed by atoms with Crippen molar-refractivity contribution in [3.63, 3.8) is 0 Å². The number of carbonyl (C=O) groups excluding carboxylic acids is 1. The highest BCUT2D eigenvalue weighted by Gasteiger charge is 2.18. The van der Waals surface area contributed by atoms with Crippen molar-refractivity contribution in [1.29, 1.82) is 0 Å². The van der Waals surface area contributed by atoms with Crippen LogP contribution in [0.5, 0.6) is 0 Å². The van der Waals surface area contributed by atoms with Crippen LogP contribution in [0.1, 0.15) is 42.7 Å². The van der Waals surface area contributed by atoms with Gasteiger partial charge in [-0.15, -0.1) is 0 Å². The van der Waals surface area contributed by atoms with Gasteiger partial charge >= 0.3 is 0 Å². The van der Waals surface area contributed by atoms with Crippen LogP contribution < -0.4 is 5.32 Å². The number of aliphatic hydroxyl groups excluding tert-OH is 1. The number of hydrogen-bond acceptors (Lipinski definition) is 3. The quantitative estimate of drug-likeness (QED) is 0.595. The zero-order valence-corrected chi connectivity index (χ0v) is 14.4. The highest BCUT2D eigenvalue weighted by atomic mass is 16.3. The Morgan fingerprint density at radius 1 is 0.958 bits per heavy atom. The van der Waals surface area contributed by atoms with Crippen LogP contribution >= 0.6 is 0 Å². The van der Waals surface area contributed by atoms with E-state index in [0.29, 0.717) is 5.56 Å². The van der Waals surface area contributed by atoms with Crippen molar-refractivity contribution in [1.82, 2.24) is 5.32 Å². The number of benzene rings is 2. The lowest BCUT2D eigenvalue weighted by atomic mass is 9.97. The fraction of sp³-hybridized carbons (Fsp3) is 0.286. The van der Waals surface area contributed by atoms with Gasteiger partial charge in [0.1, 0.15) is 0 Å². The summed E-state index contributed by atoms with van der Waals surface area (Å²) < 4.78 is 0. The van der Waals surface area contributed by atoms with E-state index in [1.54, 1.807) is 25.1 Å². The average molecular weight is 323 g/mol. The molecule has 2 aromatic carbocycles. The SMILES string of the molecule is C[C@@H](N/C(=C/C(=O)c1ccccc1)[C@H](C)[C@@H](C)O)c1ccccc1. The van der Waals surface area contributed by atoms with E-state index in [-0.39, 0.29) is 17.7 Å². The van der Waals surface area contributed by atoms with Crippen LogP contribution in [0.4, 0.5) is 0 Å². The topological polar surface area (TPSA) is 49.3 Å². The third-order valence-electron chi connectivity index (χ3n) is 4.24. The van der Waals surface area contributed by atoms with E-state index in [2.05, 4.69) is 5.32 Å². The molecule has 24 heavy (non-hydrogen) atoms. The molecule has 0 amide bonds. The van der Waals surface area contributed by atoms with Crippen molar-refractivity contribution >= 4 is 5.78 Å². The molecule has 0 saturated carbocycles. The van der Waals surface area contributed by atoms with Crippen molar-refractivity contribution in [3.05, 3.63) is 83.6 Å². The lowest BCUT2D eigenvalue weighted by molar-refractivity contribution is 0.104. The van der Waals surface area contributed by atoms with E-state index in [0.717, 1.165) is 11.3 Å². The van der Waals surface area contributed by atoms with Crippen LogP contribution in [-0.2, 0) is 0 Å². The fourth-order valence-corrected chi connectivity index (χ4v) is 2.47.